The van der Waals surface area contributed by atoms with Crippen molar-refractivity contribution in [1.82, 2.24) is 0 Å². The molecule has 0 saturated heterocycles. The zero-order chi connectivity index (χ0) is 11.4. The molecular weight excluding hydrogens is 190 g/mol. The standard InChI is InChI=1S/C12H19NO2/c1-4-15-11-6-5-10(7-8(11)2)12(13)9(3)14/h5-7,9,12,14H,4,13H2,1-3H3. The minimum absolute atomic E-state index is 0.334. The number of aryl methyl sites for hydroxylation is 1. The van der Waals surface area contributed by atoms with Crippen molar-refractivity contribution < 1.29 is 9.84 Å². The van der Waals surface area contributed by atoms with Crippen molar-refractivity contribution in [2.75, 3.05) is 6.61 Å². The highest BCUT2D eigenvalue weighted by atomic mass is 16.5. The minimum Gasteiger partial charge on any atom is -0.494 e. The van der Waals surface area contributed by atoms with E-state index >= 15 is 0 Å². The van der Waals surface area contributed by atoms with Crippen LogP contribution in [0.2, 0.25) is 0 Å². The van der Waals surface area contributed by atoms with Gasteiger partial charge in [-0.25, -0.2) is 0 Å². The molecule has 0 aromatic heterocycles. The Morgan fingerprint density at radius 3 is 2.60 bits per heavy atom. The highest BCUT2D eigenvalue weighted by Gasteiger charge is 2.12. The van der Waals surface area contributed by atoms with Crippen molar-refractivity contribution in [1.29, 1.82) is 0 Å². The van der Waals surface area contributed by atoms with Crippen LogP contribution in [0.3, 0.4) is 0 Å². The van der Waals surface area contributed by atoms with E-state index in [1.165, 1.54) is 0 Å². The first-order chi connectivity index (χ1) is 7.06. The maximum Gasteiger partial charge on any atom is 0.122 e. The summed E-state index contributed by atoms with van der Waals surface area (Å²) in [7, 11) is 0. The van der Waals surface area contributed by atoms with Crippen molar-refractivity contribution in [3.63, 3.8) is 0 Å². The number of rotatable bonds is 4. The Balaban J connectivity index is 2.90. The molecule has 2 unspecified atom stereocenters. The second-order valence-corrected chi connectivity index (χ2v) is 3.72. The van der Waals surface area contributed by atoms with Crippen LogP contribution in [0.5, 0.6) is 5.75 Å². The fraction of sp³-hybridized carbons (Fsp3) is 0.500. The van der Waals surface area contributed by atoms with Gasteiger partial charge >= 0.3 is 0 Å². The van der Waals surface area contributed by atoms with Crippen LogP contribution in [0, 0.1) is 6.92 Å². The van der Waals surface area contributed by atoms with Gasteiger partial charge in [0.25, 0.3) is 0 Å². The predicted molar refractivity (Wildman–Crippen MR) is 61.0 cm³/mol. The SMILES string of the molecule is CCOc1ccc(C(N)C(C)O)cc1C. The second-order valence-electron chi connectivity index (χ2n) is 3.72. The van der Waals surface area contributed by atoms with Crippen molar-refractivity contribution >= 4 is 0 Å². The Kier molecular flexibility index (Phi) is 4.12. The highest BCUT2D eigenvalue weighted by molar-refractivity contribution is 5.37. The lowest BCUT2D eigenvalue weighted by Crippen LogP contribution is -2.23. The minimum atomic E-state index is -0.539. The Morgan fingerprint density at radius 2 is 2.13 bits per heavy atom. The average molecular weight is 209 g/mol. The molecule has 15 heavy (non-hydrogen) atoms. The molecule has 84 valence electrons. The molecule has 0 aliphatic rings. The van der Waals surface area contributed by atoms with E-state index in [1.807, 2.05) is 32.0 Å². The second kappa shape index (κ2) is 5.14. The van der Waals surface area contributed by atoms with E-state index in [9.17, 15) is 5.11 Å². The topological polar surface area (TPSA) is 55.5 Å². The third-order valence-corrected chi connectivity index (χ3v) is 2.40. The molecule has 1 rings (SSSR count). The van der Waals surface area contributed by atoms with Crippen LogP contribution in [0.25, 0.3) is 0 Å². The van der Waals surface area contributed by atoms with Gasteiger partial charge in [0.15, 0.2) is 0 Å². The number of ether oxygens (including phenoxy) is 1. The fourth-order valence-corrected chi connectivity index (χ4v) is 1.48. The van der Waals surface area contributed by atoms with E-state index in [4.69, 9.17) is 10.5 Å². The van der Waals surface area contributed by atoms with Crippen LogP contribution in [-0.4, -0.2) is 17.8 Å². The van der Waals surface area contributed by atoms with Crippen molar-refractivity contribution in [3.05, 3.63) is 29.3 Å². The number of benzene rings is 1. The quantitative estimate of drug-likeness (QED) is 0.794. The van der Waals surface area contributed by atoms with Crippen molar-refractivity contribution in [3.8, 4) is 5.75 Å². The molecule has 2 atom stereocenters. The summed E-state index contributed by atoms with van der Waals surface area (Å²) in [6.45, 7) is 6.28. The number of hydrogen-bond acceptors (Lipinski definition) is 3. The summed E-state index contributed by atoms with van der Waals surface area (Å²) in [4.78, 5) is 0. The van der Waals surface area contributed by atoms with Crippen LogP contribution >= 0.6 is 0 Å². The van der Waals surface area contributed by atoms with E-state index in [0.29, 0.717) is 6.61 Å². The summed E-state index contributed by atoms with van der Waals surface area (Å²) >= 11 is 0. The first kappa shape index (κ1) is 12.0. The number of aliphatic hydroxyl groups excluding tert-OH is 1. The van der Waals surface area contributed by atoms with Gasteiger partial charge in [-0.05, 0) is 38.0 Å². The largest absolute Gasteiger partial charge is 0.494 e. The molecule has 0 saturated carbocycles. The molecule has 0 amide bonds. The van der Waals surface area contributed by atoms with Crippen LogP contribution in [0.4, 0.5) is 0 Å². The Labute approximate surface area is 90.9 Å². The molecule has 0 radical (unpaired) electrons. The van der Waals surface area contributed by atoms with E-state index in [0.717, 1.165) is 16.9 Å². The summed E-state index contributed by atoms with van der Waals surface area (Å²) in [6, 6.07) is 5.42. The maximum atomic E-state index is 9.38. The molecule has 1 aromatic carbocycles. The van der Waals surface area contributed by atoms with E-state index in [2.05, 4.69) is 0 Å². The number of hydrogen-bond donors (Lipinski definition) is 2. The molecule has 0 spiro atoms. The molecule has 0 aliphatic heterocycles. The summed E-state index contributed by atoms with van der Waals surface area (Å²) in [6.07, 6.45) is -0.539. The number of nitrogens with two attached hydrogens (primary N) is 1. The van der Waals surface area contributed by atoms with E-state index in [-0.39, 0.29) is 6.04 Å². The van der Waals surface area contributed by atoms with Gasteiger partial charge in [-0.3, -0.25) is 0 Å². The average Bonchev–Trinajstić information content (AvgIpc) is 2.20. The van der Waals surface area contributed by atoms with Crippen molar-refractivity contribution in [2.45, 2.75) is 32.9 Å². The summed E-state index contributed by atoms with van der Waals surface area (Å²) in [5.74, 6) is 0.874. The van der Waals surface area contributed by atoms with Gasteiger partial charge in [-0.2, -0.15) is 0 Å². The van der Waals surface area contributed by atoms with Gasteiger partial charge < -0.3 is 15.6 Å². The first-order valence-electron chi connectivity index (χ1n) is 5.23. The molecule has 0 fully saturated rings. The zero-order valence-corrected chi connectivity index (χ0v) is 9.53. The Hall–Kier alpha value is -1.06. The molecule has 1 aromatic rings. The smallest absolute Gasteiger partial charge is 0.122 e. The summed E-state index contributed by atoms with van der Waals surface area (Å²) in [5, 5.41) is 9.38. The predicted octanol–water partition coefficient (Wildman–Crippen LogP) is 1.77. The van der Waals surface area contributed by atoms with Gasteiger partial charge in [-0.1, -0.05) is 12.1 Å². The normalized spacial score (nSPS) is 14.7. The molecule has 3 nitrogen and oxygen atoms in total. The van der Waals surface area contributed by atoms with Gasteiger partial charge in [0, 0.05) is 0 Å². The maximum absolute atomic E-state index is 9.38. The van der Waals surface area contributed by atoms with Gasteiger partial charge in [0.1, 0.15) is 5.75 Å². The van der Waals surface area contributed by atoms with Crippen molar-refractivity contribution in [2.24, 2.45) is 5.73 Å². The third-order valence-electron chi connectivity index (χ3n) is 2.40. The van der Waals surface area contributed by atoms with Crippen LogP contribution in [0.15, 0.2) is 18.2 Å². The van der Waals surface area contributed by atoms with E-state index in [1.54, 1.807) is 6.92 Å². The monoisotopic (exact) mass is 209 g/mol. The Bertz CT molecular complexity index is 323. The highest BCUT2D eigenvalue weighted by Crippen LogP contribution is 2.23. The van der Waals surface area contributed by atoms with Gasteiger partial charge in [0.2, 0.25) is 0 Å². The van der Waals surface area contributed by atoms with E-state index < -0.39 is 6.10 Å². The molecule has 0 heterocycles. The molecule has 3 N–H and O–H groups in total. The third kappa shape index (κ3) is 2.94. The molecule has 0 aliphatic carbocycles. The van der Waals surface area contributed by atoms with Gasteiger partial charge in [0.05, 0.1) is 18.8 Å². The first-order valence-corrected chi connectivity index (χ1v) is 5.23. The summed E-state index contributed by atoms with van der Waals surface area (Å²) in [5.41, 5.74) is 7.82. The molecular formula is C12H19NO2. The fourth-order valence-electron chi connectivity index (χ4n) is 1.48. The Morgan fingerprint density at radius 1 is 1.47 bits per heavy atom. The molecule has 0 bridgehead atoms. The zero-order valence-electron chi connectivity index (χ0n) is 9.53. The van der Waals surface area contributed by atoms with Gasteiger partial charge in [-0.15, -0.1) is 0 Å². The van der Waals surface area contributed by atoms with Crippen LogP contribution < -0.4 is 10.5 Å². The van der Waals surface area contributed by atoms with Crippen LogP contribution in [0.1, 0.15) is 31.0 Å². The lowest BCUT2D eigenvalue weighted by Gasteiger charge is -2.16. The summed E-state index contributed by atoms with van der Waals surface area (Å²) < 4.78 is 5.43. The lowest BCUT2D eigenvalue weighted by molar-refractivity contribution is 0.164. The number of aliphatic hydroxyl groups is 1. The molecule has 3 heteroatoms. The lowest BCUT2D eigenvalue weighted by atomic mass is 10.0. The van der Waals surface area contributed by atoms with Crippen LogP contribution in [-0.2, 0) is 0 Å².